The number of para-hydroxylation sites is 1. The van der Waals surface area contributed by atoms with E-state index in [0.29, 0.717) is 27.9 Å². The first kappa shape index (κ1) is 18.4. The zero-order chi connectivity index (χ0) is 20.2. The summed E-state index contributed by atoms with van der Waals surface area (Å²) in [6.07, 6.45) is 3.34. The molecule has 0 saturated carbocycles. The van der Waals surface area contributed by atoms with Gasteiger partial charge in [0.15, 0.2) is 0 Å². The average molecular weight is 384 g/mol. The van der Waals surface area contributed by atoms with Gasteiger partial charge in [-0.3, -0.25) is 9.78 Å². The molecule has 0 aliphatic rings. The van der Waals surface area contributed by atoms with Crippen molar-refractivity contribution in [3.8, 4) is 11.3 Å². The fourth-order valence-corrected chi connectivity index (χ4v) is 2.98. The minimum atomic E-state index is -0.347. The lowest BCUT2D eigenvalue weighted by atomic mass is 10.0. The summed E-state index contributed by atoms with van der Waals surface area (Å²) < 4.78 is 13.3. The van der Waals surface area contributed by atoms with E-state index in [1.54, 1.807) is 30.6 Å². The standard InChI is InChI=1S/C23H17FN4O/c1-15(16-10-12-25-13-11-16)27-28-23(29)20-14-22(17-6-8-18(24)9-7-17)26-21-5-3-2-4-19(20)21/h2-14H,1H3,(H,28,29). The van der Waals surface area contributed by atoms with Gasteiger partial charge in [0.1, 0.15) is 5.82 Å². The van der Waals surface area contributed by atoms with Crippen LogP contribution in [0.25, 0.3) is 22.2 Å². The van der Waals surface area contributed by atoms with Crippen LogP contribution < -0.4 is 5.43 Å². The SMILES string of the molecule is CC(=NNC(=O)c1cc(-c2ccc(F)cc2)nc2ccccc12)c1ccncc1. The second kappa shape index (κ2) is 7.98. The van der Waals surface area contributed by atoms with Crippen molar-refractivity contribution in [2.75, 3.05) is 0 Å². The van der Waals surface area contributed by atoms with Gasteiger partial charge in [-0.15, -0.1) is 0 Å². The first-order chi connectivity index (χ1) is 14.1. The molecule has 0 saturated heterocycles. The number of benzene rings is 2. The lowest BCUT2D eigenvalue weighted by molar-refractivity contribution is 0.0956. The monoisotopic (exact) mass is 384 g/mol. The number of rotatable bonds is 4. The molecule has 0 radical (unpaired) electrons. The molecule has 0 unspecified atom stereocenters. The Morgan fingerprint density at radius 1 is 1.00 bits per heavy atom. The summed E-state index contributed by atoms with van der Waals surface area (Å²) in [4.78, 5) is 21.5. The van der Waals surface area contributed by atoms with Crippen LogP contribution in [0.5, 0.6) is 0 Å². The fourth-order valence-electron chi connectivity index (χ4n) is 2.98. The number of hydrogen-bond acceptors (Lipinski definition) is 4. The quantitative estimate of drug-likeness (QED) is 0.413. The van der Waals surface area contributed by atoms with Crippen molar-refractivity contribution >= 4 is 22.5 Å². The van der Waals surface area contributed by atoms with Crippen LogP contribution in [0.3, 0.4) is 0 Å². The molecule has 2 aromatic heterocycles. The Morgan fingerprint density at radius 2 is 1.72 bits per heavy atom. The smallest absolute Gasteiger partial charge is 0.267 e. The summed E-state index contributed by atoms with van der Waals surface area (Å²) in [5, 5.41) is 4.93. The zero-order valence-corrected chi connectivity index (χ0v) is 15.6. The fraction of sp³-hybridized carbons (Fsp3) is 0.0435. The molecule has 2 heterocycles. The highest BCUT2D eigenvalue weighted by Gasteiger charge is 2.14. The zero-order valence-electron chi connectivity index (χ0n) is 15.6. The molecule has 2 aromatic carbocycles. The van der Waals surface area contributed by atoms with Crippen molar-refractivity contribution in [1.29, 1.82) is 0 Å². The maximum Gasteiger partial charge on any atom is 0.272 e. The number of pyridine rings is 2. The molecular weight excluding hydrogens is 367 g/mol. The van der Waals surface area contributed by atoms with E-state index in [1.165, 1.54) is 12.1 Å². The predicted molar refractivity (Wildman–Crippen MR) is 111 cm³/mol. The van der Waals surface area contributed by atoms with Crippen molar-refractivity contribution in [2.45, 2.75) is 6.92 Å². The van der Waals surface area contributed by atoms with E-state index in [0.717, 1.165) is 11.1 Å². The van der Waals surface area contributed by atoms with Gasteiger partial charge in [0.25, 0.3) is 5.91 Å². The third-order valence-corrected chi connectivity index (χ3v) is 4.52. The van der Waals surface area contributed by atoms with Crippen molar-refractivity contribution < 1.29 is 9.18 Å². The van der Waals surface area contributed by atoms with Crippen molar-refractivity contribution in [2.24, 2.45) is 5.10 Å². The van der Waals surface area contributed by atoms with Crippen LogP contribution in [0.4, 0.5) is 4.39 Å². The first-order valence-corrected chi connectivity index (χ1v) is 9.02. The predicted octanol–water partition coefficient (Wildman–Crippen LogP) is 4.59. The summed E-state index contributed by atoms with van der Waals surface area (Å²) in [7, 11) is 0. The number of carbonyl (C=O) groups excluding carboxylic acids is 1. The second-order valence-electron chi connectivity index (χ2n) is 6.45. The highest BCUT2D eigenvalue weighted by molar-refractivity contribution is 6.08. The Morgan fingerprint density at radius 3 is 2.48 bits per heavy atom. The molecule has 142 valence electrons. The molecule has 29 heavy (non-hydrogen) atoms. The number of halogens is 1. The molecule has 4 rings (SSSR count). The maximum atomic E-state index is 13.3. The minimum Gasteiger partial charge on any atom is -0.267 e. The maximum absolute atomic E-state index is 13.3. The van der Waals surface area contributed by atoms with Crippen LogP contribution >= 0.6 is 0 Å². The lowest BCUT2D eigenvalue weighted by Gasteiger charge is -2.09. The number of fused-ring (bicyclic) bond motifs is 1. The summed E-state index contributed by atoms with van der Waals surface area (Å²) in [6.45, 7) is 1.81. The number of aromatic nitrogens is 2. The number of nitrogens with zero attached hydrogens (tertiary/aromatic N) is 3. The van der Waals surface area contributed by atoms with E-state index in [2.05, 4.69) is 20.5 Å². The molecule has 0 aliphatic heterocycles. The molecule has 6 heteroatoms. The molecular formula is C23H17FN4O. The summed E-state index contributed by atoms with van der Waals surface area (Å²) in [5.74, 6) is -0.672. The Bertz CT molecular complexity index is 1200. The summed E-state index contributed by atoms with van der Waals surface area (Å²) in [5.41, 5.74) is 6.58. The van der Waals surface area contributed by atoms with Crippen LogP contribution in [0.2, 0.25) is 0 Å². The van der Waals surface area contributed by atoms with Gasteiger partial charge in [-0.25, -0.2) is 14.8 Å². The Hall–Kier alpha value is -3.93. The topological polar surface area (TPSA) is 67.2 Å². The van der Waals surface area contributed by atoms with Crippen LogP contribution in [0.15, 0.2) is 84.2 Å². The van der Waals surface area contributed by atoms with Crippen LogP contribution in [-0.4, -0.2) is 21.6 Å². The molecule has 4 aromatic rings. The average Bonchev–Trinajstić information content (AvgIpc) is 2.77. The normalized spacial score (nSPS) is 11.4. The number of hydrogen-bond donors (Lipinski definition) is 1. The second-order valence-corrected chi connectivity index (χ2v) is 6.45. The molecule has 0 bridgehead atoms. The Kier molecular flexibility index (Phi) is 5.07. The number of amides is 1. The van der Waals surface area contributed by atoms with Crippen molar-refractivity contribution in [3.63, 3.8) is 0 Å². The van der Waals surface area contributed by atoms with Gasteiger partial charge in [0.2, 0.25) is 0 Å². The van der Waals surface area contributed by atoms with E-state index < -0.39 is 0 Å². The van der Waals surface area contributed by atoms with E-state index in [4.69, 9.17) is 0 Å². The molecule has 0 aliphatic carbocycles. The van der Waals surface area contributed by atoms with Gasteiger partial charge in [-0.05, 0) is 55.5 Å². The molecule has 5 nitrogen and oxygen atoms in total. The van der Waals surface area contributed by atoms with E-state index in [9.17, 15) is 9.18 Å². The largest absolute Gasteiger partial charge is 0.272 e. The van der Waals surface area contributed by atoms with Gasteiger partial charge in [-0.1, -0.05) is 18.2 Å². The first-order valence-electron chi connectivity index (χ1n) is 9.02. The number of carbonyl (C=O) groups is 1. The minimum absolute atomic E-state index is 0.326. The molecule has 0 atom stereocenters. The summed E-state index contributed by atoms with van der Waals surface area (Å²) in [6, 6.07) is 18.7. The molecule has 0 fully saturated rings. The third kappa shape index (κ3) is 4.01. The van der Waals surface area contributed by atoms with Gasteiger partial charge >= 0.3 is 0 Å². The van der Waals surface area contributed by atoms with Crippen LogP contribution in [0.1, 0.15) is 22.8 Å². The lowest BCUT2D eigenvalue weighted by Crippen LogP contribution is -2.20. The molecule has 0 spiro atoms. The van der Waals surface area contributed by atoms with E-state index in [-0.39, 0.29) is 11.7 Å². The molecule has 1 amide bonds. The van der Waals surface area contributed by atoms with E-state index >= 15 is 0 Å². The van der Waals surface area contributed by atoms with Gasteiger partial charge < -0.3 is 0 Å². The van der Waals surface area contributed by atoms with Crippen molar-refractivity contribution in [3.05, 3.63) is 96.1 Å². The van der Waals surface area contributed by atoms with Crippen LogP contribution in [-0.2, 0) is 0 Å². The van der Waals surface area contributed by atoms with Gasteiger partial charge in [0.05, 0.1) is 22.5 Å². The van der Waals surface area contributed by atoms with Crippen molar-refractivity contribution in [1.82, 2.24) is 15.4 Å². The third-order valence-electron chi connectivity index (χ3n) is 4.52. The number of hydrazone groups is 1. The van der Waals surface area contributed by atoms with E-state index in [1.807, 2.05) is 43.3 Å². The Labute approximate surface area is 167 Å². The Balaban J connectivity index is 1.72. The highest BCUT2D eigenvalue weighted by Crippen LogP contribution is 2.25. The van der Waals surface area contributed by atoms with Gasteiger partial charge in [-0.2, -0.15) is 5.10 Å². The van der Waals surface area contributed by atoms with Crippen LogP contribution in [0, 0.1) is 5.82 Å². The van der Waals surface area contributed by atoms with Gasteiger partial charge in [0, 0.05) is 28.9 Å². The molecule has 1 N–H and O–H groups in total. The highest BCUT2D eigenvalue weighted by atomic mass is 19.1. The summed E-state index contributed by atoms with van der Waals surface area (Å²) >= 11 is 0. The number of nitrogens with one attached hydrogen (secondary N) is 1.